The Hall–Kier alpha value is -1.59. The van der Waals surface area contributed by atoms with Crippen molar-refractivity contribution in [3.05, 3.63) is 35.9 Å². The number of morpholine rings is 1. The molecule has 1 aromatic rings. The van der Waals surface area contributed by atoms with Crippen molar-refractivity contribution in [2.75, 3.05) is 39.4 Å². The summed E-state index contributed by atoms with van der Waals surface area (Å²) in [5.41, 5.74) is 1.27. The molecule has 2 atom stereocenters. The van der Waals surface area contributed by atoms with Gasteiger partial charge >= 0.3 is 0 Å². The molecule has 0 aromatic heterocycles. The van der Waals surface area contributed by atoms with Crippen LogP contribution in [0.1, 0.15) is 39.3 Å². The van der Waals surface area contributed by atoms with Gasteiger partial charge in [0.1, 0.15) is 0 Å². The van der Waals surface area contributed by atoms with E-state index >= 15 is 0 Å². The van der Waals surface area contributed by atoms with Gasteiger partial charge < -0.3 is 15.4 Å². The third-order valence-corrected chi connectivity index (χ3v) is 4.72. The SMILES string of the molecule is CCNC(=NCC(C(C)C)N1CCOCC1)NC(C)c1ccccc1. The molecule has 140 valence electrons. The Bertz CT molecular complexity index is 512. The third-order valence-electron chi connectivity index (χ3n) is 4.72. The van der Waals surface area contributed by atoms with Crippen LogP contribution in [-0.4, -0.2) is 56.3 Å². The number of hydrogen-bond acceptors (Lipinski definition) is 3. The predicted molar refractivity (Wildman–Crippen MR) is 105 cm³/mol. The molecule has 2 unspecified atom stereocenters. The summed E-state index contributed by atoms with van der Waals surface area (Å²) in [4.78, 5) is 7.40. The Morgan fingerprint density at radius 2 is 1.84 bits per heavy atom. The fourth-order valence-corrected chi connectivity index (χ4v) is 3.19. The molecule has 0 radical (unpaired) electrons. The highest BCUT2D eigenvalue weighted by molar-refractivity contribution is 5.80. The van der Waals surface area contributed by atoms with E-state index in [9.17, 15) is 0 Å². The van der Waals surface area contributed by atoms with E-state index in [4.69, 9.17) is 9.73 Å². The second-order valence-electron chi connectivity index (χ2n) is 6.96. The highest BCUT2D eigenvalue weighted by Crippen LogP contribution is 2.14. The Labute approximate surface area is 152 Å². The maximum Gasteiger partial charge on any atom is 0.191 e. The van der Waals surface area contributed by atoms with Crippen LogP contribution in [0, 0.1) is 5.92 Å². The minimum atomic E-state index is 0.222. The Morgan fingerprint density at radius 3 is 2.44 bits per heavy atom. The smallest absolute Gasteiger partial charge is 0.191 e. The zero-order valence-electron chi connectivity index (χ0n) is 16.2. The van der Waals surface area contributed by atoms with Crippen LogP contribution in [0.25, 0.3) is 0 Å². The third kappa shape index (κ3) is 6.33. The van der Waals surface area contributed by atoms with Gasteiger partial charge in [-0.15, -0.1) is 0 Å². The number of benzene rings is 1. The van der Waals surface area contributed by atoms with E-state index in [1.165, 1.54) is 5.56 Å². The first kappa shape index (κ1) is 19.7. The molecule has 0 bridgehead atoms. The molecular weight excluding hydrogens is 312 g/mol. The molecular formula is C20H34N4O. The number of ether oxygens (including phenoxy) is 1. The van der Waals surface area contributed by atoms with Crippen LogP contribution in [0.3, 0.4) is 0 Å². The lowest BCUT2D eigenvalue weighted by Gasteiger charge is -2.36. The lowest BCUT2D eigenvalue weighted by atomic mass is 10.0. The minimum Gasteiger partial charge on any atom is -0.379 e. The highest BCUT2D eigenvalue weighted by Gasteiger charge is 2.23. The zero-order valence-corrected chi connectivity index (χ0v) is 16.2. The molecule has 0 amide bonds. The number of rotatable bonds is 7. The summed E-state index contributed by atoms with van der Waals surface area (Å²) < 4.78 is 5.49. The highest BCUT2D eigenvalue weighted by atomic mass is 16.5. The van der Waals surface area contributed by atoms with Crippen LogP contribution >= 0.6 is 0 Å². The number of guanidine groups is 1. The van der Waals surface area contributed by atoms with Crippen molar-refractivity contribution in [1.29, 1.82) is 0 Å². The minimum absolute atomic E-state index is 0.222. The summed E-state index contributed by atoms with van der Waals surface area (Å²) in [6, 6.07) is 11.2. The molecule has 25 heavy (non-hydrogen) atoms. The number of nitrogens with zero attached hydrogens (tertiary/aromatic N) is 2. The molecule has 2 N–H and O–H groups in total. The first-order chi connectivity index (χ1) is 12.1. The molecule has 0 spiro atoms. The molecule has 1 heterocycles. The molecule has 5 nitrogen and oxygen atoms in total. The summed E-state index contributed by atoms with van der Waals surface area (Å²) in [7, 11) is 0. The van der Waals surface area contributed by atoms with Crippen LogP contribution in [0.4, 0.5) is 0 Å². The number of aliphatic imine (C=N–C) groups is 1. The molecule has 0 saturated carbocycles. The van der Waals surface area contributed by atoms with Crippen LogP contribution in [0.5, 0.6) is 0 Å². The lowest BCUT2D eigenvalue weighted by molar-refractivity contribution is 0.00867. The van der Waals surface area contributed by atoms with Crippen molar-refractivity contribution in [2.24, 2.45) is 10.9 Å². The molecule has 1 fully saturated rings. The quantitative estimate of drug-likeness (QED) is 0.589. The van der Waals surface area contributed by atoms with E-state index in [1.54, 1.807) is 0 Å². The van der Waals surface area contributed by atoms with Crippen molar-refractivity contribution in [3.63, 3.8) is 0 Å². The zero-order chi connectivity index (χ0) is 18.1. The van der Waals surface area contributed by atoms with Crippen molar-refractivity contribution >= 4 is 5.96 Å². The molecule has 1 aromatic carbocycles. The first-order valence-electron chi connectivity index (χ1n) is 9.53. The van der Waals surface area contributed by atoms with Crippen molar-refractivity contribution in [1.82, 2.24) is 15.5 Å². The van der Waals surface area contributed by atoms with Gasteiger partial charge in [-0.25, -0.2) is 0 Å². The predicted octanol–water partition coefficient (Wildman–Crippen LogP) is 2.66. The topological polar surface area (TPSA) is 48.9 Å². The Kier molecular flexibility index (Phi) is 8.22. The van der Waals surface area contributed by atoms with Crippen LogP contribution in [-0.2, 0) is 4.74 Å². The maximum atomic E-state index is 5.49. The van der Waals surface area contributed by atoms with Crippen molar-refractivity contribution in [2.45, 2.75) is 39.8 Å². The van der Waals surface area contributed by atoms with Gasteiger partial charge in [0.05, 0.1) is 25.8 Å². The van der Waals surface area contributed by atoms with Gasteiger partial charge in [0.2, 0.25) is 0 Å². The summed E-state index contributed by atoms with van der Waals surface area (Å²) in [5, 5.41) is 6.90. The van der Waals surface area contributed by atoms with E-state index in [-0.39, 0.29) is 6.04 Å². The van der Waals surface area contributed by atoms with E-state index in [0.717, 1.165) is 45.4 Å². The summed E-state index contributed by atoms with van der Waals surface area (Å²) in [5.74, 6) is 1.45. The summed E-state index contributed by atoms with van der Waals surface area (Å²) >= 11 is 0. The van der Waals surface area contributed by atoms with Gasteiger partial charge in [-0.05, 0) is 25.3 Å². The molecule has 1 saturated heterocycles. The fourth-order valence-electron chi connectivity index (χ4n) is 3.19. The molecule has 1 aliphatic rings. The van der Waals surface area contributed by atoms with Crippen molar-refractivity contribution < 1.29 is 4.74 Å². The van der Waals surface area contributed by atoms with E-state index in [1.807, 2.05) is 6.07 Å². The summed E-state index contributed by atoms with van der Waals surface area (Å²) in [6.07, 6.45) is 0. The van der Waals surface area contributed by atoms with E-state index in [2.05, 4.69) is 67.5 Å². The largest absolute Gasteiger partial charge is 0.379 e. The van der Waals surface area contributed by atoms with E-state index in [0.29, 0.717) is 12.0 Å². The monoisotopic (exact) mass is 346 g/mol. The van der Waals surface area contributed by atoms with E-state index < -0.39 is 0 Å². The average molecular weight is 347 g/mol. The van der Waals surface area contributed by atoms with Crippen molar-refractivity contribution in [3.8, 4) is 0 Å². The number of nitrogens with one attached hydrogen (secondary N) is 2. The van der Waals surface area contributed by atoms with Crippen LogP contribution in [0.2, 0.25) is 0 Å². The maximum absolute atomic E-state index is 5.49. The van der Waals surface area contributed by atoms with Crippen LogP contribution < -0.4 is 10.6 Å². The summed E-state index contributed by atoms with van der Waals surface area (Å²) in [6.45, 7) is 14.2. The van der Waals surface area contributed by atoms with Gasteiger partial charge in [0.25, 0.3) is 0 Å². The normalized spacial score (nSPS) is 18.8. The Balaban J connectivity index is 2.01. The molecule has 0 aliphatic carbocycles. The van der Waals surface area contributed by atoms with Gasteiger partial charge in [-0.3, -0.25) is 9.89 Å². The van der Waals surface area contributed by atoms with Crippen LogP contribution in [0.15, 0.2) is 35.3 Å². The van der Waals surface area contributed by atoms with Gasteiger partial charge in [-0.2, -0.15) is 0 Å². The second-order valence-corrected chi connectivity index (χ2v) is 6.96. The molecule has 5 heteroatoms. The standard InChI is InChI=1S/C20H34N4O/c1-5-21-20(23-17(4)18-9-7-6-8-10-18)22-15-19(16(2)3)24-11-13-25-14-12-24/h6-10,16-17,19H,5,11-15H2,1-4H3,(H2,21,22,23). The molecule has 1 aliphatic heterocycles. The lowest BCUT2D eigenvalue weighted by Crippen LogP contribution is -2.48. The molecule has 2 rings (SSSR count). The second kappa shape index (κ2) is 10.4. The fraction of sp³-hybridized carbons (Fsp3) is 0.650. The number of hydrogen-bond donors (Lipinski definition) is 2. The van der Waals surface area contributed by atoms with Gasteiger partial charge in [0, 0.05) is 25.7 Å². The van der Waals surface area contributed by atoms with Gasteiger partial charge in [-0.1, -0.05) is 44.2 Å². The Morgan fingerprint density at radius 1 is 1.16 bits per heavy atom. The first-order valence-corrected chi connectivity index (χ1v) is 9.53. The van der Waals surface area contributed by atoms with Gasteiger partial charge in [0.15, 0.2) is 5.96 Å². The average Bonchev–Trinajstić information content (AvgIpc) is 2.63.